The first-order chi connectivity index (χ1) is 21.6. The predicted molar refractivity (Wildman–Crippen MR) is 185 cm³/mol. The van der Waals surface area contributed by atoms with Gasteiger partial charge in [-0.1, -0.05) is 32.3 Å². The van der Waals surface area contributed by atoms with Crippen molar-refractivity contribution in [2.45, 2.75) is 107 Å². The topological polar surface area (TPSA) is 158 Å². The molecular formula is C33H48N6O5S2. The van der Waals surface area contributed by atoms with Gasteiger partial charge < -0.3 is 16.0 Å². The fourth-order valence-corrected chi connectivity index (χ4v) is 8.77. The van der Waals surface area contributed by atoms with Crippen molar-refractivity contribution < 1.29 is 22.8 Å². The fourth-order valence-electron chi connectivity index (χ4n) is 6.29. The lowest BCUT2D eigenvalue weighted by atomic mass is 9.79. The lowest BCUT2D eigenvalue weighted by molar-refractivity contribution is -0.139. The number of anilines is 3. The molecule has 11 nitrogen and oxygen atoms in total. The maximum absolute atomic E-state index is 13.1. The molecule has 2 aromatic rings. The van der Waals surface area contributed by atoms with Crippen LogP contribution in [0.5, 0.6) is 0 Å². The van der Waals surface area contributed by atoms with E-state index in [4.69, 9.17) is 0 Å². The van der Waals surface area contributed by atoms with Gasteiger partial charge in [-0.25, -0.2) is 8.42 Å². The Bertz CT molecular complexity index is 1470. The Kier molecular flexibility index (Phi) is 11.7. The average molecular weight is 673 g/mol. The quantitative estimate of drug-likeness (QED) is 0.144. The summed E-state index contributed by atoms with van der Waals surface area (Å²) in [6.07, 6.45) is 7.60. The number of rotatable bonds is 11. The molecule has 2 aromatic carbocycles. The molecule has 0 spiro atoms. The van der Waals surface area contributed by atoms with E-state index in [1.54, 1.807) is 24.3 Å². The molecule has 1 heterocycles. The third-order valence-corrected chi connectivity index (χ3v) is 11.2. The molecule has 4 rings (SSSR count). The number of hydrogen-bond donors (Lipinski definition) is 6. The summed E-state index contributed by atoms with van der Waals surface area (Å²) in [7, 11) is -3.95. The molecule has 0 aromatic heterocycles. The van der Waals surface area contributed by atoms with Crippen molar-refractivity contribution in [2.75, 3.05) is 21.2 Å². The van der Waals surface area contributed by atoms with Gasteiger partial charge in [0.15, 0.2) is 0 Å². The Morgan fingerprint density at radius 1 is 0.891 bits per heavy atom. The summed E-state index contributed by atoms with van der Waals surface area (Å²) in [4.78, 5) is 37.8. The van der Waals surface area contributed by atoms with Gasteiger partial charge >= 0.3 is 11.8 Å². The van der Waals surface area contributed by atoms with E-state index in [1.807, 2.05) is 18.7 Å². The minimum atomic E-state index is -3.95. The molecule has 2 fully saturated rings. The van der Waals surface area contributed by atoms with E-state index in [2.05, 4.69) is 59.2 Å². The van der Waals surface area contributed by atoms with Crippen molar-refractivity contribution in [3.8, 4) is 0 Å². The normalized spacial score (nSPS) is 19.0. The first-order valence-electron chi connectivity index (χ1n) is 15.9. The maximum atomic E-state index is 13.1. The van der Waals surface area contributed by atoms with Gasteiger partial charge in [-0.05, 0) is 95.8 Å². The number of nitrogens with one attached hydrogen (secondary N) is 6. The molecule has 13 heteroatoms. The Hall–Kier alpha value is -3.29. The lowest BCUT2D eigenvalue weighted by Gasteiger charge is -2.46. The standard InChI is InChI=1S/C33H48N6O5S2/c1-22(21-45-27-11-7-6-8-12-27)29(40)34-25-10-9-13-28(18-25)46(43,44)38-24-16-14-23(15-17-24)36-37-31(42)30(41)35-26-19-32(2,3)39-33(4,5)20-26/h9-10,13-18,22,26-27,36,38-39H,6-8,11-12,19-21H2,1-5H3,(H,34,40)(H,35,41)(H,37,42). The van der Waals surface area contributed by atoms with Gasteiger partial charge in [0.2, 0.25) is 5.91 Å². The molecule has 1 saturated heterocycles. The molecule has 46 heavy (non-hydrogen) atoms. The Morgan fingerprint density at radius 2 is 1.52 bits per heavy atom. The van der Waals surface area contributed by atoms with Crippen molar-refractivity contribution in [2.24, 2.45) is 5.92 Å². The third kappa shape index (κ3) is 10.6. The van der Waals surface area contributed by atoms with Crippen molar-refractivity contribution >= 4 is 56.6 Å². The van der Waals surface area contributed by atoms with Crippen molar-refractivity contribution in [1.29, 1.82) is 0 Å². The van der Waals surface area contributed by atoms with Gasteiger partial charge in [-0.3, -0.25) is 30.0 Å². The van der Waals surface area contributed by atoms with Crippen LogP contribution in [0, 0.1) is 5.92 Å². The van der Waals surface area contributed by atoms with Crippen LogP contribution >= 0.6 is 11.8 Å². The smallest absolute Gasteiger partial charge is 0.327 e. The molecule has 1 atom stereocenters. The third-order valence-electron chi connectivity index (χ3n) is 8.18. The highest BCUT2D eigenvalue weighted by Crippen LogP contribution is 2.30. The Balaban J connectivity index is 1.26. The first-order valence-corrected chi connectivity index (χ1v) is 18.5. The summed E-state index contributed by atoms with van der Waals surface area (Å²) in [6, 6.07) is 12.2. The second-order valence-electron chi connectivity index (χ2n) is 13.7. The maximum Gasteiger partial charge on any atom is 0.327 e. The van der Waals surface area contributed by atoms with Crippen LogP contribution < -0.4 is 31.5 Å². The van der Waals surface area contributed by atoms with Gasteiger partial charge in [-0.2, -0.15) is 11.8 Å². The van der Waals surface area contributed by atoms with E-state index in [1.165, 1.54) is 56.4 Å². The van der Waals surface area contributed by atoms with E-state index in [-0.39, 0.29) is 33.8 Å². The predicted octanol–water partition coefficient (Wildman–Crippen LogP) is 5.00. The average Bonchev–Trinajstić information content (AvgIpc) is 2.98. The number of hydrogen-bond acceptors (Lipinski definition) is 8. The number of thioether (sulfide) groups is 1. The van der Waals surface area contributed by atoms with Crippen LogP contribution in [-0.4, -0.2) is 54.3 Å². The zero-order valence-corrected chi connectivity index (χ0v) is 29.0. The Morgan fingerprint density at radius 3 is 2.17 bits per heavy atom. The molecule has 0 radical (unpaired) electrons. The minimum absolute atomic E-state index is 0.00975. The molecular weight excluding hydrogens is 625 g/mol. The van der Waals surface area contributed by atoms with Gasteiger partial charge in [0.05, 0.1) is 10.6 Å². The second kappa shape index (κ2) is 15.1. The molecule has 2 aliphatic rings. The summed E-state index contributed by atoms with van der Waals surface area (Å²) in [5.41, 5.74) is 5.88. The van der Waals surface area contributed by atoms with Gasteiger partial charge in [-0.15, -0.1) is 0 Å². The minimum Gasteiger partial charge on any atom is -0.345 e. The van der Waals surface area contributed by atoms with Crippen LogP contribution in [0.2, 0.25) is 0 Å². The lowest BCUT2D eigenvalue weighted by Crippen LogP contribution is -2.63. The second-order valence-corrected chi connectivity index (χ2v) is 16.8. The first kappa shape index (κ1) is 35.6. The van der Waals surface area contributed by atoms with Gasteiger partial charge in [0, 0.05) is 45.4 Å². The monoisotopic (exact) mass is 672 g/mol. The Labute approximate surface area is 277 Å². The molecule has 1 aliphatic carbocycles. The zero-order valence-electron chi connectivity index (χ0n) is 27.4. The molecule has 3 amide bonds. The molecule has 0 bridgehead atoms. The summed E-state index contributed by atoms with van der Waals surface area (Å²) in [6.45, 7) is 10.2. The van der Waals surface area contributed by atoms with E-state index in [0.717, 1.165) is 5.75 Å². The van der Waals surface area contributed by atoms with Crippen LogP contribution in [-0.2, 0) is 24.4 Å². The van der Waals surface area contributed by atoms with E-state index in [9.17, 15) is 22.8 Å². The zero-order chi connectivity index (χ0) is 33.5. The van der Waals surface area contributed by atoms with E-state index in [0.29, 0.717) is 35.2 Å². The summed E-state index contributed by atoms with van der Waals surface area (Å²) in [5, 5.41) is 9.83. The van der Waals surface area contributed by atoms with Crippen LogP contribution in [0.25, 0.3) is 0 Å². The number of sulfonamides is 1. The molecule has 252 valence electrons. The largest absolute Gasteiger partial charge is 0.345 e. The van der Waals surface area contributed by atoms with Crippen molar-refractivity contribution in [3.63, 3.8) is 0 Å². The molecule has 1 saturated carbocycles. The summed E-state index contributed by atoms with van der Waals surface area (Å²) < 4.78 is 28.8. The number of benzene rings is 2. The SMILES string of the molecule is CC(CSC1CCCCC1)C(=O)Nc1cccc(S(=O)(=O)Nc2ccc(NNC(=O)C(=O)NC3CC(C)(C)NC(C)(C)C3)cc2)c1. The number of piperidine rings is 1. The number of amides is 3. The molecule has 1 aliphatic heterocycles. The molecule has 1 unspecified atom stereocenters. The van der Waals surface area contributed by atoms with Gasteiger partial charge in [0.25, 0.3) is 10.0 Å². The van der Waals surface area contributed by atoms with E-state index >= 15 is 0 Å². The summed E-state index contributed by atoms with van der Waals surface area (Å²) >= 11 is 1.85. The highest BCUT2D eigenvalue weighted by Gasteiger charge is 2.38. The van der Waals surface area contributed by atoms with Crippen molar-refractivity contribution in [3.05, 3.63) is 48.5 Å². The van der Waals surface area contributed by atoms with Gasteiger partial charge in [0.1, 0.15) is 0 Å². The van der Waals surface area contributed by atoms with Crippen LogP contribution in [0.4, 0.5) is 17.1 Å². The number of hydrazine groups is 1. The number of carbonyl (C=O) groups is 3. The summed E-state index contributed by atoms with van der Waals surface area (Å²) in [5.74, 6) is -1.18. The van der Waals surface area contributed by atoms with Crippen LogP contribution in [0.1, 0.15) is 79.6 Å². The van der Waals surface area contributed by atoms with Crippen LogP contribution in [0.3, 0.4) is 0 Å². The van der Waals surface area contributed by atoms with Crippen molar-refractivity contribution in [1.82, 2.24) is 16.1 Å². The fraction of sp³-hybridized carbons (Fsp3) is 0.545. The molecule has 6 N–H and O–H groups in total. The highest BCUT2D eigenvalue weighted by molar-refractivity contribution is 7.99. The number of carbonyl (C=O) groups excluding carboxylic acids is 3. The van der Waals surface area contributed by atoms with E-state index < -0.39 is 21.8 Å². The highest BCUT2D eigenvalue weighted by atomic mass is 32.2. The van der Waals surface area contributed by atoms with Crippen LogP contribution in [0.15, 0.2) is 53.4 Å².